The Balaban J connectivity index is 1.59. The first-order chi connectivity index (χ1) is 33.9. The number of rotatable bonds is 27. The number of hydrogen-bond donors (Lipinski definition) is 0. The Morgan fingerprint density at radius 3 is 0.551 bits per heavy atom. The van der Waals surface area contributed by atoms with Gasteiger partial charge in [-0.1, -0.05) is 0 Å². The van der Waals surface area contributed by atoms with Gasteiger partial charge in [-0.15, -0.1) is 0 Å². The van der Waals surface area contributed by atoms with Crippen molar-refractivity contribution in [1.82, 2.24) is 0 Å². The number of benzene rings is 5. The maximum Gasteiger partial charge on any atom is 0.0640 e. The summed E-state index contributed by atoms with van der Waals surface area (Å²) in [5.74, 6) is 0. The summed E-state index contributed by atoms with van der Waals surface area (Å²) < 4.78 is 0. The van der Waals surface area contributed by atoms with E-state index in [4.69, 9.17) is 0 Å². The van der Waals surface area contributed by atoms with Gasteiger partial charge in [-0.05, 0) is 128 Å². The van der Waals surface area contributed by atoms with E-state index in [1.165, 1.54) is 0 Å². The van der Waals surface area contributed by atoms with Gasteiger partial charge in [0.2, 0.25) is 0 Å². The van der Waals surface area contributed by atoms with Crippen molar-refractivity contribution >= 4 is 56.9 Å². The van der Waals surface area contributed by atoms with E-state index in [0.29, 0.717) is 110 Å². The maximum absolute atomic E-state index is 9.38. The second kappa shape index (κ2) is 28.0. The van der Waals surface area contributed by atoms with Crippen LogP contribution in [0.25, 0.3) is 0 Å². The summed E-state index contributed by atoms with van der Waals surface area (Å²) in [6.07, 6.45) is 3.45. The minimum Gasteiger partial charge on any atom is -0.370 e. The summed E-state index contributed by atoms with van der Waals surface area (Å²) in [7, 11) is 0. The highest BCUT2D eigenvalue weighted by molar-refractivity contribution is 5.82. The largest absolute Gasteiger partial charge is 0.370 e. The van der Waals surface area contributed by atoms with E-state index in [2.05, 4.69) is 99.7 Å². The van der Waals surface area contributed by atoms with Gasteiger partial charge in [0, 0.05) is 116 Å². The standard InChI is InChI=1S/C55H54N14/c56-30-1-2-38-64(39-3-31-57)46-10-18-50(19-11-46)68(51-20-12-47(13-21-51)65(40-4-32-58)41-5-33-59)54-26-28-55(29-27-54)69(52-22-14-48(15-23-52)66(42-6-34-60)43-7-35-61)53-24-16-49(17-25-53)67(44-8-36-62)45-9-37-63/h10-29H,1-9,38-45H2. The van der Waals surface area contributed by atoms with Gasteiger partial charge in [0.25, 0.3) is 0 Å². The first-order valence-electron chi connectivity index (χ1n) is 23.0. The van der Waals surface area contributed by atoms with E-state index >= 15 is 0 Å². The molecule has 0 spiro atoms. The van der Waals surface area contributed by atoms with Crippen molar-refractivity contribution in [2.45, 2.75) is 57.8 Å². The normalized spacial score (nSPS) is 10.0. The number of anilines is 10. The average Bonchev–Trinajstić information content (AvgIpc) is 3.39. The fourth-order valence-corrected chi connectivity index (χ4v) is 8.02. The molecule has 0 saturated carbocycles. The van der Waals surface area contributed by atoms with Crippen LogP contribution in [0.5, 0.6) is 0 Å². The average molecular weight is 911 g/mol. The van der Waals surface area contributed by atoms with Crippen LogP contribution in [0.2, 0.25) is 0 Å². The first-order valence-corrected chi connectivity index (χ1v) is 23.0. The molecule has 5 aromatic carbocycles. The summed E-state index contributed by atoms with van der Waals surface area (Å²) >= 11 is 0. The molecule has 0 amide bonds. The van der Waals surface area contributed by atoms with Gasteiger partial charge in [0.05, 0.1) is 93.5 Å². The van der Waals surface area contributed by atoms with E-state index in [1.807, 2.05) is 99.6 Å². The highest BCUT2D eigenvalue weighted by Gasteiger charge is 2.19. The Bertz CT molecular complexity index is 2580. The van der Waals surface area contributed by atoms with Crippen molar-refractivity contribution in [1.29, 1.82) is 42.1 Å². The predicted molar refractivity (Wildman–Crippen MR) is 271 cm³/mol. The smallest absolute Gasteiger partial charge is 0.0640 e. The minimum absolute atomic E-state index is 0.330. The summed E-state index contributed by atoms with van der Waals surface area (Å²) in [6.45, 7) is 4.22. The molecule has 0 unspecified atom stereocenters. The molecule has 0 aliphatic carbocycles. The van der Waals surface area contributed by atoms with Crippen LogP contribution in [0, 0.1) is 90.6 Å². The molecule has 0 heterocycles. The lowest BCUT2D eigenvalue weighted by molar-refractivity contribution is 0.742. The zero-order valence-corrected chi connectivity index (χ0v) is 38.8. The highest BCUT2D eigenvalue weighted by atomic mass is 15.2. The monoisotopic (exact) mass is 910 g/mol. The number of unbranched alkanes of at least 4 members (excludes halogenated alkanes) is 1. The Hall–Kier alpha value is -9.18. The third-order valence-corrected chi connectivity index (χ3v) is 11.4. The summed E-state index contributed by atoms with van der Waals surface area (Å²) in [5.41, 5.74) is 8.94. The third kappa shape index (κ3) is 14.7. The van der Waals surface area contributed by atoms with Crippen LogP contribution in [-0.4, -0.2) is 52.4 Å². The fourth-order valence-electron chi connectivity index (χ4n) is 8.02. The van der Waals surface area contributed by atoms with Crippen molar-refractivity contribution in [3.63, 3.8) is 0 Å². The minimum atomic E-state index is 0.330. The number of nitrogens with zero attached hydrogens (tertiary/aromatic N) is 14. The van der Waals surface area contributed by atoms with E-state index in [1.54, 1.807) is 0 Å². The van der Waals surface area contributed by atoms with Crippen molar-refractivity contribution in [3.05, 3.63) is 121 Å². The van der Waals surface area contributed by atoms with Gasteiger partial charge in [-0.2, -0.15) is 42.1 Å². The van der Waals surface area contributed by atoms with Gasteiger partial charge >= 0.3 is 0 Å². The van der Waals surface area contributed by atoms with Crippen LogP contribution in [-0.2, 0) is 0 Å². The van der Waals surface area contributed by atoms with Crippen LogP contribution < -0.4 is 29.4 Å². The lowest BCUT2D eigenvalue weighted by atomic mass is 10.1. The number of nitriles is 8. The van der Waals surface area contributed by atoms with Gasteiger partial charge in [0.15, 0.2) is 0 Å². The summed E-state index contributed by atoms with van der Waals surface area (Å²) in [5, 5.41) is 74.6. The molecule has 0 fully saturated rings. The van der Waals surface area contributed by atoms with Crippen LogP contribution in [0.1, 0.15) is 57.8 Å². The maximum atomic E-state index is 9.38. The van der Waals surface area contributed by atoms with E-state index in [9.17, 15) is 42.1 Å². The molecule has 0 aliphatic heterocycles. The fraction of sp³-hybridized carbons (Fsp3) is 0.309. The topological polar surface area (TPSA) is 210 Å². The lowest BCUT2D eigenvalue weighted by Crippen LogP contribution is -2.25. The van der Waals surface area contributed by atoms with Gasteiger partial charge in [-0.3, -0.25) is 0 Å². The molecule has 0 aliphatic rings. The Labute approximate surface area is 406 Å². The molecule has 14 heteroatoms. The molecule has 344 valence electrons. The van der Waals surface area contributed by atoms with Crippen molar-refractivity contribution in [3.8, 4) is 48.6 Å². The van der Waals surface area contributed by atoms with Gasteiger partial charge < -0.3 is 29.4 Å². The molecule has 5 rings (SSSR count). The molecule has 0 aromatic heterocycles. The van der Waals surface area contributed by atoms with Crippen molar-refractivity contribution < 1.29 is 0 Å². The van der Waals surface area contributed by atoms with E-state index in [-0.39, 0.29) is 0 Å². The third-order valence-electron chi connectivity index (χ3n) is 11.4. The van der Waals surface area contributed by atoms with E-state index in [0.717, 1.165) is 56.9 Å². The molecule has 0 bridgehead atoms. The molecule has 0 radical (unpaired) electrons. The van der Waals surface area contributed by atoms with E-state index < -0.39 is 0 Å². The second-order valence-corrected chi connectivity index (χ2v) is 15.8. The molecule has 5 aromatic rings. The van der Waals surface area contributed by atoms with Crippen molar-refractivity contribution in [2.75, 3.05) is 81.8 Å². The second-order valence-electron chi connectivity index (χ2n) is 15.8. The highest BCUT2D eigenvalue weighted by Crippen LogP contribution is 2.41. The summed E-state index contributed by atoms with van der Waals surface area (Å²) in [6, 6.07) is 58.4. The quantitative estimate of drug-likeness (QED) is 0.0449. The molecular weight excluding hydrogens is 857 g/mol. The van der Waals surface area contributed by atoms with Crippen LogP contribution in [0.4, 0.5) is 56.9 Å². The number of hydrogen-bond acceptors (Lipinski definition) is 14. The SMILES string of the molecule is N#CCCCN(CCC#N)c1ccc(N(c2ccc(N(CCC#N)CCC#N)cc2)c2ccc(N(c3ccc(N(CCC#N)CCC#N)cc3)c3ccc(N(CCC#N)CCC#N)cc3)cc2)cc1. The Morgan fingerprint density at radius 2 is 0.377 bits per heavy atom. The molecule has 0 N–H and O–H groups in total. The van der Waals surface area contributed by atoms with Crippen molar-refractivity contribution in [2.24, 2.45) is 0 Å². The Kier molecular flexibility index (Phi) is 20.6. The zero-order chi connectivity index (χ0) is 49.1. The van der Waals surface area contributed by atoms with Crippen LogP contribution in [0.15, 0.2) is 121 Å². The lowest BCUT2D eigenvalue weighted by Gasteiger charge is -2.30. The van der Waals surface area contributed by atoms with Gasteiger partial charge in [0.1, 0.15) is 0 Å². The molecule has 14 nitrogen and oxygen atoms in total. The van der Waals surface area contributed by atoms with Crippen LogP contribution >= 0.6 is 0 Å². The van der Waals surface area contributed by atoms with Gasteiger partial charge in [-0.25, -0.2) is 0 Å². The zero-order valence-electron chi connectivity index (χ0n) is 38.8. The molecule has 0 atom stereocenters. The molecule has 0 saturated heterocycles. The molecule has 69 heavy (non-hydrogen) atoms. The molecular formula is C55H54N14. The summed E-state index contributed by atoms with van der Waals surface area (Å²) in [4.78, 5) is 12.6. The predicted octanol–water partition coefficient (Wildman–Crippen LogP) is 11.6. The first kappa shape index (κ1) is 50.8. The Morgan fingerprint density at radius 1 is 0.217 bits per heavy atom. The van der Waals surface area contributed by atoms with Crippen LogP contribution in [0.3, 0.4) is 0 Å².